The lowest BCUT2D eigenvalue weighted by atomic mass is 9.91. The highest BCUT2D eigenvalue weighted by Gasteiger charge is 2.40. The number of nitrogens with zero attached hydrogens (tertiary/aromatic N) is 2. The molecule has 0 saturated carbocycles. The lowest BCUT2D eigenvalue weighted by Crippen LogP contribution is -2.58. The van der Waals surface area contributed by atoms with E-state index < -0.39 is 5.60 Å². The maximum Gasteiger partial charge on any atom is 0.240 e. The summed E-state index contributed by atoms with van der Waals surface area (Å²) < 4.78 is 19.0. The summed E-state index contributed by atoms with van der Waals surface area (Å²) in [7, 11) is 0. The average molecular weight is 442 g/mol. The van der Waals surface area contributed by atoms with E-state index >= 15 is 0 Å². The highest BCUT2D eigenvalue weighted by molar-refractivity contribution is 7.14. The molecule has 2 N–H and O–H groups in total. The molecule has 1 aliphatic heterocycles. The zero-order chi connectivity index (χ0) is 21.8. The Morgan fingerprint density at radius 3 is 2.74 bits per heavy atom. The second-order valence-electron chi connectivity index (χ2n) is 7.87. The minimum absolute atomic E-state index is 0.152. The number of aliphatic hydroxyl groups is 1. The molecule has 0 unspecified atom stereocenters. The molecule has 31 heavy (non-hydrogen) atoms. The van der Waals surface area contributed by atoms with Crippen LogP contribution in [0.4, 0.5) is 9.52 Å². The molecule has 0 aliphatic carbocycles. The minimum atomic E-state index is -1.08. The molecule has 1 aromatic heterocycles. The van der Waals surface area contributed by atoms with Crippen molar-refractivity contribution in [2.75, 3.05) is 25.0 Å². The lowest BCUT2D eigenvalue weighted by Gasteiger charge is -2.42. The quantitative estimate of drug-likeness (QED) is 0.609. The molecule has 6 nitrogen and oxygen atoms in total. The Morgan fingerprint density at radius 2 is 2.03 bits per heavy atom. The van der Waals surface area contributed by atoms with E-state index in [4.69, 9.17) is 4.74 Å². The molecular weight excluding hydrogens is 417 g/mol. The molecule has 3 aromatic rings. The van der Waals surface area contributed by atoms with Crippen molar-refractivity contribution >= 4 is 22.4 Å². The predicted molar refractivity (Wildman–Crippen MR) is 119 cm³/mol. The summed E-state index contributed by atoms with van der Waals surface area (Å²) >= 11 is 1.32. The van der Waals surface area contributed by atoms with Gasteiger partial charge in [0.25, 0.3) is 0 Å². The molecule has 2 atom stereocenters. The number of piperidine rings is 1. The third-order valence-electron chi connectivity index (χ3n) is 5.22. The first-order valence-electron chi connectivity index (χ1n) is 10.1. The fourth-order valence-corrected chi connectivity index (χ4v) is 4.41. The minimum Gasteiger partial charge on any atom is -0.487 e. The van der Waals surface area contributed by atoms with E-state index in [1.54, 1.807) is 19.1 Å². The summed E-state index contributed by atoms with van der Waals surface area (Å²) in [5, 5.41) is 16.0. The number of amides is 1. The van der Waals surface area contributed by atoms with Gasteiger partial charge in [-0.25, -0.2) is 9.37 Å². The van der Waals surface area contributed by atoms with Gasteiger partial charge in [-0.2, -0.15) is 0 Å². The van der Waals surface area contributed by atoms with E-state index in [-0.39, 0.29) is 24.4 Å². The number of carbonyl (C=O) groups is 1. The number of nitrogens with one attached hydrogen (secondary N) is 1. The second kappa shape index (κ2) is 9.13. The number of rotatable bonds is 6. The molecule has 2 heterocycles. The molecule has 0 bridgehead atoms. The molecule has 2 aromatic carbocycles. The summed E-state index contributed by atoms with van der Waals surface area (Å²) in [5.41, 5.74) is 0.391. The topological polar surface area (TPSA) is 74.7 Å². The van der Waals surface area contributed by atoms with E-state index in [9.17, 15) is 14.3 Å². The van der Waals surface area contributed by atoms with Gasteiger partial charge < -0.3 is 15.2 Å². The van der Waals surface area contributed by atoms with Crippen LogP contribution in [0.5, 0.6) is 5.75 Å². The standard InChI is InChI=1S/C23H24FN3O3S/c1-23(29)15-27(12-11-20(23)30-18-5-3-2-4-6-18)13-21(28)26-22-25-19(14-31-22)16-7-9-17(24)10-8-16/h2-10,14,20,29H,11-13,15H2,1H3,(H,25,26,28)/t20-,23-/m0/s1. The van der Waals surface area contributed by atoms with Crippen molar-refractivity contribution < 1.29 is 19.0 Å². The molecule has 1 fully saturated rings. The Hall–Kier alpha value is -2.81. The average Bonchev–Trinajstić information content (AvgIpc) is 3.19. The van der Waals surface area contributed by atoms with Crippen LogP contribution < -0.4 is 10.1 Å². The first-order chi connectivity index (χ1) is 14.9. The number of hydrogen-bond donors (Lipinski definition) is 2. The fourth-order valence-electron chi connectivity index (χ4n) is 3.67. The van der Waals surface area contributed by atoms with Gasteiger partial charge in [0.15, 0.2) is 5.13 Å². The zero-order valence-corrected chi connectivity index (χ0v) is 17.9. The number of carbonyl (C=O) groups excluding carboxylic acids is 1. The van der Waals surface area contributed by atoms with Crippen LogP contribution in [-0.2, 0) is 4.79 Å². The Kier molecular flexibility index (Phi) is 6.31. The molecule has 162 valence electrons. The van der Waals surface area contributed by atoms with Gasteiger partial charge in [-0.05, 0) is 49.7 Å². The number of aromatic nitrogens is 1. The zero-order valence-electron chi connectivity index (χ0n) is 17.1. The van der Waals surface area contributed by atoms with Crippen LogP contribution in [0.1, 0.15) is 13.3 Å². The molecule has 8 heteroatoms. The third kappa shape index (κ3) is 5.46. The van der Waals surface area contributed by atoms with Crippen LogP contribution in [0.25, 0.3) is 11.3 Å². The Labute approximate surface area is 184 Å². The number of likely N-dealkylation sites (tertiary alicyclic amines) is 1. The number of benzene rings is 2. The number of anilines is 1. The number of halogens is 1. The maximum atomic E-state index is 13.1. The molecule has 1 saturated heterocycles. The monoisotopic (exact) mass is 441 g/mol. The van der Waals surface area contributed by atoms with Crippen molar-refractivity contribution in [2.24, 2.45) is 0 Å². The van der Waals surface area contributed by atoms with Crippen molar-refractivity contribution in [1.82, 2.24) is 9.88 Å². The number of β-amino-alcohol motifs (C(OH)–C–C–N with tert-alkyl or cyclic N) is 1. The van der Waals surface area contributed by atoms with Crippen molar-refractivity contribution in [3.8, 4) is 17.0 Å². The predicted octanol–water partition coefficient (Wildman–Crippen LogP) is 3.79. The second-order valence-corrected chi connectivity index (χ2v) is 8.73. The van der Waals surface area contributed by atoms with Gasteiger partial charge in [0.05, 0.1) is 12.2 Å². The highest BCUT2D eigenvalue weighted by Crippen LogP contribution is 2.27. The maximum absolute atomic E-state index is 13.1. The molecular formula is C23H24FN3O3S. The smallest absolute Gasteiger partial charge is 0.240 e. The SMILES string of the molecule is C[C@]1(O)CN(CC(=O)Nc2nc(-c3ccc(F)cc3)cs2)CC[C@@H]1Oc1ccccc1. The number of hydrogen-bond acceptors (Lipinski definition) is 6. The summed E-state index contributed by atoms with van der Waals surface area (Å²) in [6.45, 7) is 2.86. The molecule has 4 rings (SSSR count). The van der Waals surface area contributed by atoms with Crippen LogP contribution in [0.3, 0.4) is 0 Å². The van der Waals surface area contributed by atoms with Crippen LogP contribution in [0.2, 0.25) is 0 Å². The largest absolute Gasteiger partial charge is 0.487 e. The molecule has 0 spiro atoms. The lowest BCUT2D eigenvalue weighted by molar-refractivity contribution is -0.123. The summed E-state index contributed by atoms with van der Waals surface area (Å²) in [6, 6.07) is 15.5. The Morgan fingerprint density at radius 1 is 1.29 bits per heavy atom. The van der Waals surface area contributed by atoms with Crippen molar-refractivity contribution in [3.05, 3.63) is 65.8 Å². The van der Waals surface area contributed by atoms with Gasteiger partial charge in [-0.1, -0.05) is 18.2 Å². The first-order valence-corrected chi connectivity index (χ1v) is 10.9. The van der Waals surface area contributed by atoms with E-state index in [1.165, 1.54) is 23.5 Å². The van der Waals surface area contributed by atoms with Gasteiger partial charge in [-0.15, -0.1) is 11.3 Å². The van der Waals surface area contributed by atoms with Gasteiger partial charge in [0.1, 0.15) is 23.3 Å². The molecule has 1 aliphatic rings. The van der Waals surface area contributed by atoms with Crippen LogP contribution in [0, 0.1) is 5.82 Å². The van der Waals surface area contributed by atoms with Crippen molar-refractivity contribution in [1.29, 1.82) is 0 Å². The Bertz CT molecular complexity index is 1020. The summed E-state index contributed by atoms with van der Waals surface area (Å²) in [4.78, 5) is 18.8. The van der Waals surface area contributed by atoms with E-state index in [1.807, 2.05) is 40.6 Å². The van der Waals surface area contributed by atoms with Crippen LogP contribution in [-0.4, -0.2) is 52.2 Å². The molecule has 0 radical (unpaired) electrons. The normalized spacial score (nSPS) is 21.6. The van der Waals surface area contributed by atoms with Crippen molar-refractivity contribution in [3.63, 3.8) is 0 Å². The van der Waals surface area contributed by atoms with Gasteiger partial charge >= 0.3 is 0 Å². The highest BCUT2D eigenvalue weighted by atomic mass is 32.1. The Balaban J connectivity index is 1.31. The van der Waals surface area contributed by atoms with Gasteiger partial charge in [-0.3, -0.25) is 9.69 Å². The van der Waals surface area contributed by atoms with E-state index in [0.717, 1.165) is 11.3 Å². The van der Waals surface area contributed by atoms with Gasteiger partial charge in [0, 0.05) is 24.0 Å². The van der Waals surface area contributed by atoms with Crippen LogP contribution >= 0.6 is 11.3 Å². The fraction of sp³-hybridized carbons (Fsp3) is 0.304. The number of ether oxygens (including phenoxy) is 1. The summed E-state index contributed by atoms with van der Waals surface area (Å²) in [5.74, 6) is 0.222. The van der Waals surface area contributed by atoms with Gasteiger partial charge in [0.2, 0.25) is 5.91 Å². The first kappa shape index (κ1) is 21.4. The van der Waals surface area contributed by atoms with E-state index in [0.29, 0.717) is 30.3 Å². The molecule has 1 amide bonds. The number of para-hydroxylation sites is 1. The third-order valence-corrected chi connectivity index (χ3v) is 5.98. The summed E-state index contributed by atoms with van der Waals surface area (Å²) in [6.07, 6.45) is 0.271. The number of thiazole rings is 1. The van der Waals surface area contributed by atoms with Crippen LogP contribution in [0.15, 0.2) is 60.0 Å². The van der Waals surface area contributed by atoms with E-state index in [2.05, 4.69) is 10.3 Å². The van der Waals surface area contributed by atoms with Crippen molar-refractivity contribution in [2.45, 2.75) is 25.0 Å².